The lowest BCUT2D eigenvalue weighted by molar-refractivity contribution is 0.0686. The van der Waals surface area contributed by atoms with Crippen LogP contribution < -0.4 is 4.74 Å². The monoisotopic (exact) mass is 298 g/mol. The molecule has 2 rings (SSSR count). The second-order valence-corrected chi connectivity index (χ2v) is 4.54. The van der Waals surface area contributed by atoms with Gasteiger partial charge >= 0.3 is 5.97 Å². The van der Waals surface area contributed by atoms with Gasteiger partial charge in [0, 0.05) is 12.6 Å². The van der Waals surface area contributed by atoms with Crippen LogP contribution in [-0.4, -0.2) is 20.9 Å². The molecule has 0 fully saturated rings. The molecule has 0 aliphatic carbocycles. The van der Waals surface area contributed by atoms with Gasteiger partial charge in [-0.15, -0.1) is 0 Å². The third kappa shape index (κ3) is 2.60. The number of hydrogen-bond donors (Lipinski definition) is 1. The first-order chi connectivity index (χ1) is 9.41. The standard InChI is InChI=1S/C13H12ClFN2O3/c1-7-8(12(14)17(2)16-7)6-20-10-5-3-4-9(15)11(10)13(18)19/h3-5H,6H2,1-2H3,(H,18,19). The Morgan fingerprint density at radius 3 is 2.80 bits per heavy atom. The molecule has 0 aliphatic rings. The minimum absolute atomic E-state index is 0.0161. The number of aromatic carboxylic acids is 1. The maximum Gasteiger partial charge on any atom is 0.342 e. The van der Waals surface area contributed by atoms with Crippen LogP contribution in [0, 0.1) is 12.7 Å². The molecule has 20 heavy (non-hydrogen) atoms. The van der Waals surface area contributed by atoms with Crippen molar-refractivity contribution in [3.05, 3.63) is 46.0 Å². The molecule has 0 atom stereocenters. The van der Waals surface area contributed by atoms with Crippen molar-refractivity contribution in [3.8, 4) is 5.75 Å². The van der Waals surface area contributed by atoms with Gasteiger partial charge in [0.1, 0.15) is 28.9 Å². The number of benzene rings is 1. The highest BCUT2D eigenvalue weighted by Gasteiger charge is 2.18. The summed E-state index contributed by atoms with van der Waals surface area (Å²) in [4.78, 5) is 11.0. The highest BCUT2D eigenvalue weighted by Crippen LogP contribution is 2.25. The van der Waals surface area contributed by atoms with Crippen molar-refractivity contribution in [2.75, 3.05) is 0 Å². The molecular formula is C13H12ClFN2O3. The molecule has 1 aromatic heterocycles. The lowest BCUT2D eigenvalue weighted by Crippen LogP contribution is -2.06. The maximum absolute atomic E-state index is 13.5. The van der Waals surface area contributed by atoms with Crippen LogP contribution in [0.1, 0.15) is 21.6 Å². The van der Waals surface area contributed by atoms with E-state index >= 15 is 0 Å². The summed E-state index contributed by atoms with van der Waals surface area (Å²) >= 11 is 6.04. The van der Waals surface area contributed by atoms with Crippen LogP contribution in [0.4, 0.5) is 4.39 Å². The zero-order valence-electron chi connectivity index (χ0n) is 10.9. The van der Waals surface area contributed by atoms with E-state index in [9.17, 15) is 9.18 Å². The van der Waals surface area contributed by atoms with E-state index in [-0.39, 0.29) is 12.4 Å². The molecule has 0 unspecified atom stereocenters. The summed E-state index contributed by atoms with van der Waals surface area (Å²) < 4.78 is 20.4. The van der Waals surface area contributed by atoms with E-state index in [0.29, 0.717) is 16.4 Å². The fourth-order valence-electron chi connectivity index (χ4n) is 1.82. The van der Waals surface area contributed by atoms with Crippen LogP contribution in [0.3, 0.4) is 0 Å². The van der Waals surface area contributed by atoms with E-state index in [2.05, 4.69) is 5.10 Å². The van der Waals surface area contributed by atoms with Crippen molar-refractivity contribution >= 4 is 17.6 Å². The van der Waals surface area contributed by atoms with Crippen LogP contribution in [0.15, 0.2) is 18.2 Å². The Kier molecular flexibility index (Phi) is 3.94. The molecule has 0 amide bonds. The molecule has 0 radical (unpaired) electrons. The summed E-state index contributed by atoms with van der Waals surface area (Å²) in [6.45, 7) is 1.77. The highest BCUT2D eigenvalue weighted by atomic mass is 35.5. The zero-order valence-corrected chi connectivity index (χ0v) is 11.6. The second-order valence-electron chi connectivity index (χ2n) is 4.19. The van der Waals surface area contributed by atoms with Gasteiger partial charge in [0.25, 0.3) is 0 Å². The number of rotatable bonds is 4. The lowest BCUT2D eigenvalue weighted by Gasteiger charge is -2.09. The number of carboxylic acids is 1. The number of carbonyl (C=O) groups is 1. The normalized spacial score (nSPS) is 10.6. The molecule has 2 aromatic rings. The Morgan fingerprint density at radius 1 is 1.55 bits per heavy atom. The minimum atomic E-state index is -1.38. The molecule has 0 saturated heterocycles. The summed E-state index contributed by atoms with van der Waals surface area (Å²) in [5.74, 6) is -2.27. The van der Waals surface area contributed by atoms with Crippen molar-refractivity contribution in [3.63, 3.8) is 0 Å². The van der Waals surface area contributed by atoms with Crippen LogP contribution in [0.25, 0.3) is 0 Å². The number of carboxylic acid groups (broad SMARTS) is 1. The number of hydrogen-bond acceptors (Lipinski definition) is 3. The molecule has 1 N–H and O–H groups in total. The molecule has 5 nitrogen and oxygen atoms in total. The summed E-state index contributed by atoms with van der Waals surface area (Å²) in [7, 11) is 1.68. The molecular weight excluding hydrogens is 287 g/mol. The van der Waals surface area contributed by atoms with Gasteiger partial charge in [-0.05, 0) is 19.1 Å². The van der Waals surface area contributed by atoms with Crippen molar-refractivity contribution in [2.45, 2.75) is 13.5 Å². The summed E-state index contributed by atoms with van der Waals surface area (Å²) in [5.41, 5.74) is 0.811. The molecule has 0 aliphatic heterocycles. The third-order valence-electron chi connectivity index (χ3n) is 2.83. The van der Waals surface area contributed by atoms with Crippen molar-refractivity contribution in [2.24, 2.45) is 7.05 Å². The number of aromatic nitrogens is 2. The van der Waals surface area contributed by atoms with E-state index in [1.165, 1.54) is 16.8 Å². The number of ether oxygens (including phenoxy) is 1. The first-order valence-electron chi connectivity index (χ1n) is 5.74. The first kappa shape index (κ1) is 14.3. The molecule has 0 spiro atoms. The number of halogens is 2. The van der Waals surface area contributed by atoms with Crippen LogP contribution in [0.5, 0.6) is 5.75 Å². The topological polar surface area (TPSA) is 64.4 Å². The predicted molar refractivity (Wildman–Crippen MR) is 70.6 cm³/mol. The maximum atomic E-state index is 13.5. The minimum Gasteiger partial charge on any atom is -0.488 e. The van der Waals surface area contributed by atoms with E-state index in [0.717, 1.165) is 6.07 Å². The van der Waals surface area contributed by atoms with Gasteiger partial charge in [0.05, 0.1) is 5.69 Å². The Hall–Kier alpha value is -2.08. The van der Waals surface area contributed by atoms with Gasteiger partial charge in [-0.2, -0.15) is 5.10 Å². The van der Waals surface area contributed by atoms with Gasteiger partial charge < -0.3 is 9.84 Å². The van der Waals surface area contributed by atoms with E-state index in [4.69, 9.17) is 21.4 Å². The van der Waals surface area contributed by atoms with Crippen LogP contribution >= 0.6 is 11.6 Å². The smallest absolute Gasteiger partial charge is 0.342 e. The molecule has 1 aromatic carbocycles. The van der Waals surface area contributed by atoms with E-state index in [1.54, 1.807) is 14.0 Å². The molecule has 0 saturated carbocycles. The zero-order chi connectivity index (χ0) is 14.9. The van der Waals surface area contributed by atoms with E-state index in [1.807, 2.05) is 0 Å². The lowest BCUT2D eigenvalue weighted by atomic mass is 10.2. The fraction of sp³-hybridized carbons (Fsp3) is 0.231. The Morgan fingerprint density at radius 2 is 2.25 bits per heavy atom. The summed E-state index contributed by atoms with van der Waals surface area (Å²) in [6.07, 6.45) is 0. The fourth-order valence-corrected chi connectivity index (χ4v) is 2.05. The average molecular weight is 299 g/mol. The van der Waals surface area contributed by atoms with E-state index < -0.39 is 17.3 Å². The summed E-state index contributed by atoms with van der Waals surface area (Å²) in [6, 6.07) is 3.85. The predicted octanol–water partition coefficient (Wildman–Crippen LogP) is 2.80. The Balaban J connectivity index is 2.28. The number of nitrogens with zero attached hydrogens (tertiary/aromatic N) is 2. The molecule has 106 valence electrons. The van der Waals surface area contributed by atoms with Crippen molar-refractivity contribution in [1.29, 1.82) is 0 Å². The van der Waals surface area contributed by atoms with Crippen molar-refractivity contribution < 1.29 is 19.0 Å². The first-order valence-corrected chi connectivity index (χ1v) is 6.12. The largest absolute Gasteiger partial charge is 0.488 e. The highest BCUT2D eigenvalue weighted by molar-refractivity contribution is 6.30. The van der Waals surface area contributed by atoms with Gasteiger partial charge in [-0.1, -0.05) is 17.7 Å². The number of aryl methyl sites for hydroxylation is 2. The van der Waals surface area contributed by atoms with Crippen molar-refractivity contribution in [1.82, 2.24) is 9.78 Å². The average Bonchev–Trinajstić information content (AvgIpc) is 2.61. The quantitative estimate of drug-likeness (QED) is 0.942. The molecule has 7 heteroatoms. The Labute approximate surface area is 119 Å². The van der Waals surface area contributed by atoms with Gasteiger partial charge in [0.2, 0.25) is 0 Å². The third-order valence-corrected chi connectivity index (χ3v) is 3.30. The molecule has 1 heterocycles. The van der Waals surface area contributed by atoms with Crippen LogP contribution in [-0.2, 0) is 13.7 Å². The molecule has 0 bridgehead atoms. The van der Waals surface area contributed by atoms with Gasteiger partial charge in [-0.25, -0.2) is 9.18 Å². The second kappa shape index (κ2) is 5.50. The van der Waals surface area contributed by atoms with Gasteiger partial charge in [-0.3, -0.25) is 4.68 Å². The van der Waals surface area contributed by atoms with Gasteiger partial charge in [0.15, 0.2) is 0 Å². The van der Waals surface area contributed by atoms with Crippen LogP contribution in [0.2, 0.25) is 5.15 Å². The summed E-state index contributed by atoms with van der Waals surface area (Å²) in [5, 5.41) is 13.5. The SMILES string of the molecule is Cc1nn(C)c(Cl)c1COc1cccc(F)c1C(=O)O. The Bertz CT molecular complexity index is 670.